The summed E-state index contributed by atoms with van der Waals surface area (Å²) in [5.74, 6) is 0. The van der Waals surface area contributed by atoms with Crippen LogP contribution in [0.25, 0.3) is 0 Å². The molecule has 0 spiro atoms. The van der Waals surface area contributed by atoms with Crippen LogP contribution in [0.3, 0.4) is 0 Å². The molecule has 0 N–H and O–H groups in total. The van der Waals surface area contributed by atoms with Crippen LogP contribution in [0.5, 0.6) is 0 Å². The fourth-order valence-electron chi connectivity index (χ4n) is 2.56. The summed E-state index contributed by atoms with van der Waals surface area (Å²) in [6, 6.07) is 0. The molecule has 7 rings (SSSR count). The maximum absolute atomic E-state index is 1.50. The molecule has 0 bridgehead atoms. The van der Waals surface area contributed by atoms with E-state index in [1.807, 2.05) is 0 Å². The molecule has 0 nitrogen and oxygen atoms in total. The first-order chi connectivity index (χ1) is 15.0. The molecule has 0 aromatic carbocycles. The molecule has 0 amide bonds. The Morgan fingerprint density at radius 3 is 0.133 bits per heavy atom. The van der Waals surface area contributed by atoms with Crippen LogP contribution in [0.15, 0.2) is 0 Å². The van der Waals surface area contributed by atoms with Gasteiger partial charge in [0.2, 0.25) is 0 Å². The Morgan fingerprint density at radius 1 is 0.0667 bits per heavy atom. The van der Waals surface area contributed by atoms with Gasteiger partial charge in [-0.15, -0.1) is 0 Å². The average molecular weight is 421 g/mol. The van der Waals surface area contributed by atoms with Crippen molar-refractivity contribution in [3.05, 3.63) is 0 Å². The molecule has 30 heavy (non-hydrogen) atoms. The van der Waals surface area contributed by atoms with Crippen molar-refractivity contribution in [3.8, 4) is 0 Å². The Kier molecular flexibility index (Phi) is 23.6. The quantitative estimate of drug-likeness (QED) is 0.365. The fourth-order valence-corrected chi connectivity index (χ4v) is 2.56. The zero-order valence-electron chi connectivity index (χ0n) is 21.2. The van der Waals surface area contributed by atoms with E-state index >= 15 is 0 Å². The first-order valence-electron chi connectivity index (χ1n) is 15.0. The van der Waals surface area contributed by atoms with Crippen LogP contribution in [-0.4, -0.2) is 0 Å². The molecule has 7 aliphatic rings. The van der Waals surface area contributed by atoms with Gasteiger partial charge in [0.05, 0.1) is 0 Å². The van der Waals surface area contributed by atoms with Gasteiger partial charge < -0.3 is 0 Å². The van der Waals surface area contributed by atoms with Gasteiger partial charge in [0, 0.05) is 0 Å². The molecule has 0 aliphatic heterocycles. The van der Waals surface area contributed by atoms with Gasteiger partial charge in [-0.3, -0.25) is 0 Å². The van der Waals surface area contributed by atoms with Crippen LogP contribution in [0.4, 0.5) is 0 Å². The zero-order valence-corrected chi connectivity index (χ0v) is 21.2. The minimum Gasteiger partial charge on any atom is -0.0533 e. The first kappa shape index (κ1) is 28.0. The van der Waals surface area contributed by atoms with Crippen LogP contribution in [0.1, 0.15) is 193 Å². The van der Waals surface area contributed by atoms with Crippen molar-refractivity contribution in [1.82, 2.24) is 0 Å². The van der Waals surface area contributed by atoms with Crippen LogP contribution in [0, 0.1) is 0 Å². The second-order valence-electron chi connectivity index (χ2n) is 10.6. The van der Waals surface area contributed by atoms with E-state index < -0.39 is 0 Å². The minimum absolute atomic E-state index is 1.50. The van der Waals surface area contributed by atoms with Crippen LogP contribution < -0.4 is 0 Å². The molecule has 7 saturated carbocycles. The Labute approximate surface area is 192 Å². The lowest BCUT2D eigenvalue weighted by molar-refractivity contribution is 0.504. The van der Waals surface area contributed by atoms with E-state index in [-0.39, 0.29) is 0 Å². The van der Waals surface area contributed by atoms with E-state index in [1.54, 1.807) is 0 Å². The fraction of sp³-hybridized carbons (Fsp3) is 1.00. The highest BCUT2D eigenvalue weighted by Crippen LogP contribution is 2.17. The van der Waals surface area contributed by atoms with E-state index in [4.69, 9.17) is 0 Å². The lowest BCUT2D eigenvalue weighted by Crippen LogP contribution is -1.85. The van der Waals surface area contributed by atoms with Crippen molar-refractivity contribution in [2.75, 3.05) is 0 Å². The van der Waals surface area contributed by atoms with Crippen molar-refractivity contribution in [2.24, 2.45) is 0 Å². The van der Waals surface area contributed by atoms with Crippen molar-refractivity contribution >= 4 is 0 Å². The van der Waals surface area contributed by atoms with Gasteiger partial charge in [-0.05, 0) is 0 Å². The largest absolute Gasteiger partial charge is 0.0533 e. The summed E-state index contributed by atoms with van der Waals surface area (Å²) in [6.07, 6.45) is 45.0. The molecule has 0 aromatic heterocycles. The highest BCUT2D eigenvalue weighted by molar-refractivity contribution is 4.53. The average Bonchev–Trinajstić information content (AvgIpc) is 2.37. The van der Waals surface area contributed by atoms with E-state index in [0.717, 1.165) is 0 Å². The standard InChI is InChI=1S/C6H12.6C4H8/c1-2-4-6-5-3-1;6*1-2-4-3-1/h1-6H2;6*1-4H2. The lowest BCUT2D eigenvalue weighted by Gasteiger charge is -2.05. The molecule has 0 radical (unpaired) electrons. The van der Waals surface area contributed by atoms with Crippen LogP contribution >= 0.6 is 0 Å². The summed E-state index contributed by atoms with van der Waals surface area (Å²) in [4.78, 5) is 0. The third kappa shape index (κ3) is 22.7. The summed E-state index contributed by atoms with van der Waals surface area (Å²) in [6.45, 7) is 0. The molecule has 0 unspecified atom stereocenters. The van der Waals surface area contributed by atoms with E-state index in [1.165, 1.54) is 193 Å². The summed E-state index contributed by atoms with van der Waals surface area (Å²) >= 11 is 0. The van der Waals surface area contributed by atoms with Crippen molar-refractivity contribution in [2.45, 2.75) is 193 Å². The maximum atomic E-state index is 1.50. The van der Waals surface area contributed by atoms with Gasteiger partial charge >= 0.3 is 0 Å². The SMILES string of the molecule is C1CCC1.C1CCC1.C1CCC1.C1CCC1.C1CCC1.C1CCC1.C1CCCCC1. The molecule has 0 heterocycles. The van der Waals surface area contributed by atoms with Crippen molar-refractivity contribution in [1.29, 1.82) is 0 Å². The lowest BCUT2D eigenvalue weighted by atomic mass is 10.0. The Hall–Kier alpha value is 0. The topological polar surface area (TPSA) is 0 Å². The highest BCUT2D eigenvalue weighted by atomic mass is 14.0. The Morgan fingerprint density at radius 2 is 0.100 bits per heavy atom. The van der Waals surface area contributed by atoms with Gasteiger partial charge in [-0.25, -0.2) is 0 Å². The second kappa shape index (κ2) is 25.3. The van der Waals surface area contributed by atoms with Gasteiger partial charge in [0.15, 0.2) is 0 Å². The van der Waals surface area contributed by atoms with Gasteiger partial charge in [-0.2, -0.15) is 0 Å². The van der Waals surface area contributed by atoms with E-state index in [2.05, 4.69) is 0 Å². The zero-order chi connectivity index (χ0) is 21.2. The summed E-state index contributed by atoms with van der Waals surface area (Å²) in [5.41, 5.74) is 0. The summed E-state index contributed by atoms with van der Waals surface area (Å²) < 4.78 is 0. The minimum atomic E-state index is 1.50. The predicted molar refractivity (Wildman–Crippen MR) is 139 cm³/mol. The van der Waals surface area contributed by atoms with Crippen molar-refractivity contribution < 1.29 is 0 Å². The summed E-state index contributed by atoms with van der Waals surface area (Å²) in [5, 5.41) is 0. The van der Waals surface area contributed by atoms with Gasteiger partial charge in [0.25, 0.3) is 0 Å². The highest BCUT2D eigenvalue weighted by Gasteiger charge is 1.97. The van der Waals surface area contributed by atoms with E-state index in [9.17, 15) is 0 Å². The molecule has 0 aromatic rings. The molecule has 0 heteroatoms. The normalized spacial score (nSPS) is 24.0. The number of hydrogen-bond donors (Lipinski definition) is 0. The number of hydrogen-bond acceptors (Lipinski definition) is 0. The Bertz CT molecular complexity index is 169. The second-order valence-corrected chi connectivity index (χ2v) is 10.6. The number of rotatable bonds is 0. The van der Waals surface area contributed by atoms with Crippen molar-refractivity contribution in [3.63, 3.8) is 0 Å². The van der Waals surface area contributed by atoms with Crippen LogP contribution in [-0.2, 0) is 0 Å². The molecule has 7 aliphatic carbocycles. The molecular weight excluding hydrogens is 360 g/mol. The Balaban J connectivity index is 0.000000176. The first-order valence-corrected chi connectivity index (χ1v) is 15.0. The monoisotopic (exact) mass is 420 g/mol. The predicted octanol–water partition coefficient (Wildman–Crippen LogP) is 11.7. The summed E-state index contributed by atoms with van der Waals surface area (Å²) in [7, 11) is 0. The maximum Gasteiger partial charge on any atom is -0.0533 e. The van der Waals surface area contributed by atoms with Crippen LogP contribution in [0.2, 0.25) is 0 Å². The molecular formula is C30H60. The third-order valence-corrected chi connectivity index (χ3v) is 7.50. The third-order valence-electron chi connectivity index (χ3n) is 7.50. The smallest absolute Gasteiger partial charge is 0.0533 e. The molecule has 0 saturated heterocycles. The van der Waals surface area contributed by atoms with Gasteiger partial charge in [0.1, 0.15) is 0 Å². The van der Waals surface area contributed by atoms with E-state index in [0.29, 0.717) is 0 Å². The molecule has 7 fully saturated rings. The molecule has 0 atom stereocenters. The molecule has 180 valence electrons. The van der Waals surface area contributed by atoms with Gasteiger partial charge in [-0.1, -0.05) is 193 Å².